The Hall–Kier alpha value is -1.06. The van der Waals surface area contributed by atoms with Gasteiger partial charge in [0, 0.05) is 5.02 Å². The van der Waals surface area contributed by atoms with Crippen LogP contribution in [0.4, 0.5) is 0 Å². The number of halogens is 1. The van der Waals surface area contributed by atoms with Crippen molar-refractivity contribution in [3.63, 3.8) is 0 Å². The number of phenolic OH excluding ortho intramolecular Hbond substituents is 1. The molecule has 0 bridgehead atoms. The van der Waals surface area contributed by atoms with Crippen LogP contribution in [0.25, 0.3) is 0 Å². The van der Waals surface area contributed by atoms with Crippen molar-refractivity contribution >= 4 is 17.4 Å². The van der Waals surface area contributed by atoms with Crippen molar-refractivity contribution in [2.24, 2.45) is 5.73 Å². The molecule has 0 aliphatic heterocycles. The van der Waals surface area contributed by atoms with E-state index in [1.165, 1.54) is 0 Å². The number of benzene rings is 1. The van der Waals surface area contributed by atoms with Crippen LogP contribution in [0.2, 0.25) is 5.02 Å². The van der Waals surface area contributed by atoms with Gasteiger partial charge in [-0.3, -0.25) is 4.79 Å². The number of ketones is 1. The first-order valence-electron chi connectivity index (χ1n) is 4.21. The van der Waals surface area contributed by atoms with Gasteiger partial charge >= 0.3 is 0 Å². The smallest absolute Gasteiger partial charge is 0.180 e. The van der Waals surface area contributed by atoms with E-state index in [1.807, 2.05) is 0 Å². The summed E-state index contributed by atoms with van der Waals surface area (Å²) in [4.78, 5) is 11.4. The summed E-state index contributed by atoms with van der Waals surface area (Å²) in [5.74, 6) is -0.326. The van der Waals surface area contributed by atoms with Gasteiger partial charge in [-0.1, -0.05) is 11.6 Å². The Kier molecular flexibility index (Phi) is 3.13. The van der Waals surface area contributed by atoms with E-state index in [2.05, 4.69) is 0 Å². The monoisotopic (exact) mass is 213 g/mol. The van der Waals surface area contributed by atoms with Crippen LogP contribution in [-0.2, 0) is 0 Å². The van der Waals surface area contributed by atoms with E-state index in [1.54, 1.807) is 19.9 Å². The van der Waals surface area contributed by atoms with E-state index in [4.69, 9.17) is 17.3 Å². The van der Waals surface area contributed by atoms with E-state index < -0.39 is 0 Å². The lowest BCUT2D eigenvalue weighted by atomic mass is 10.00. The second-order valence-corrected chi connectivity index (χ2v) is 3.56. The highest BCUT2D eigenvalue weighted by Gasteiger charge is 2.17. The van der Waals surface area contributed by atoms with Gasteiger partial charge in [0.25, 0.3) is 0 Å². The molecule has 0 atom stereocenters. The standard InChI is InChI=1S/C10H12ClNO2/c1-5-3-7(11)6(2)9(10(5)14)8(13)4-12/h3,14H,4,12H2,1-2H3. The Morgan fingerprint density at radius 1 is 1.57 bits per heavy atom. The highest BCUT2D eigenvalue weighted by Crippen LogP contribution is 2.31. The van der Waals surface area contributed by atoms with Crippen molar-refractivity contribution in [3.05, 3.63) is 27.8 Å². The summed E-state index contributed by atoms with van der Waals surface area (Å²) in [7, 11) is 0. The molecule has 1 aromatic carbocycles. The maximum atomic E-state index is 11.4. The van der Waals surface area contributed by atoms with Gasteiger partial charge < -0.3 is 10.8 Å². The number of carbonyl (C=O) groups is 1. The number of aryl methyl sites for hydroxylation is 1. The molecule has 0 aromatic heterocycles. The third-order valence-corrected chi connectivity index (χ3v) is 2.54. The summed E-state index contributed by atoms with van der Waals surface area (Å²) >= 11 is 5.89. The molecule has 0 spiro atoms. The fourth-order valence-corrected chi connectivity index (χ4v) is 1.56. The predicted molar refractivity (Wildman–Crippen MR) is 56.0 cm³/mol. The fraction of sp³-hybridized carbons (Fsp3) is 0.300. The zero-order valence-electron chi connectivity index (χ0n) is 8.10. The van der Waals surface area contributed by atoms with Crippen molar-refractivity contribution in [3.8, 4) is 5.75 Å². The molecule has 76 valence electrons. The lowest BCUT2D eigenvalue weighted by Crippen LogP contribution is -2.15. The van der Waals surface area contributed by atoms with Crippen molar-refractivity contribution < 1.29 is 9.90 Å². The summed E-state index contributed by atoms with van der Waals surface area (Å²) in [6.07, 6.45) is 0. The van der Waals surface area contributed by atoms with Gasteiger partial charge in [0.2, 0.25) is 0 Å². The number of nitrogens with two attached hydrogens (primary N) is 1. The Morgan fingerprint density at radius 2 is 2.14 bits per heavy atom. The zero-order chi connectivity index (χ0) is 10.9. The molecular weight excluding hydrogens is 202 g/mol. The summed E-state index contributed by atoms with van der Waals surface area (Å²) in [5.41, 5.74) is 6.63. The molecule has 0 radical (unpaired) electrons. The van der Waals surface area contributed by atoms with Crippen molar-refractivity contribution in [1.29, 1.82) is 0 Å². The van der Waals surface area contributed by atoms with Crippen molar-refractivity contribution in [2.75, 3.05) is 6.54 Å². The number of Topliss-reactive ketones (excluding diaryl/α,β-unsaturated/α-hetero) is 1. The first-order valence-corrected chi connectivity index (χ1v) is 4.58. The molecule has 0 unspecified atom stereocenters. The molecule has 0 saturated heterocycles. The molecule has 1 rings (SSSR count). The summed E-state index contributed by atoms with van der Waals surface area (Å²) in [6.45, 7) is 3.24. The number of hydrogen-bond donors (Lipinski definition) is 2. The predicted octanol–water partition coefficient (Wildman–Crippen LogP) is 1.80. The highest BCUT2D eigenvalue weighted by molar-refractivity contribution is 6.32. The number of rotatable bonds is 2. The fourth-order valence-electron chi connectivity index (χ4n) is 1.30. The van der Waals surface area contributed by atoms with Gasteiger partial charge in [0.15, 0.2) is 5.78 Å². The molecule has 3 nitrogen and oxygen atoms in total. The van der Waals surface area contributed by atoms with Gasteiger partial charge in [-0.05, 0) is 31.0 Å². The highest BCUT2D eigenvalue weighted by atomic mass is 35.5. The van der Waals surface area contributed by atoms with Crippen LogP contribution in [0, 0.1) is 13.8 Å². The molecule has 1 aromatic rings. The molecule has 0 saturated carbocycles. The molecule has 0 fully saturated rings. The van der Waals surface area contributed by atoms with Crippen LogP contribution in [0.5, 0.6) is 5.75 Å². The van der Waals surface area contributed by atoms with Gasteiger partial charge in [0.05, 0.1) is 12.1 Å². The Morgan fingerprint density at radius 3 is 2.64 bits per heavy atom. The van der Waals surface area contributed by atoms with Crippen molar-refractivity contribution in [2.45, 2.75) is 13.8 Å². The van der Waals surface area contributed by atoms with Gasteiger partial charge in [0.1, 0.15) is 5.75 Å². The minimum absolute atomic E-state index is 0.0256. The number of aromatic hydroxyl groups is 1. The van der Waals surface area contributed by atoms with Crippen LogP contribution in [-0.4, -0.2) is 17.4 Å². The normalized spacial score (nSPS) is 10.3. The quantitative estimate of drug-likeness (QED) is 0.737. The SMILES string of the molecule is Cc1cc(Cl)c(C)c(C(=O)CN)c1O. The van der Waals surface area contributed by atoms with Crippen LogP contribution in [0.1, 0.15) is 21.5 Å². The summed E-state index contributed by atoms with van der Waals surface area (Å²) in [5, 5.41) is 10.1. The molecule has 0 heterocycles. The molecule has 0 amide bonds. The average Bonchev–Trinajstić information content (AvgIpc) is 2.15. The summed E-state index contributed by atoms with van der Waals surface area (Å²) in [6, 6.07) is 1.62. The van der Waals surface area contributed by atoms with Gasteiger partial charge in [-0.25, -0.2) is 0 Å². The summed E-state index contributed by atoms with van der Waals surface area (Å²) < 4.78 is 0. The molecule has 4 heteroatoms. The van der Waals surface area contributed by atoms with Crippen LogP contribution >= 0.6 is 11.6 Å². The second-order valence-electron chi connectivity index (χ2n) is 3.15. The minimum atomic E-state index is -0.300. The van der Waals surface area contributed by atoms with E-state index in [9.17, 15) is 9.90 Å². The van der Waals surface area contributed by atoms with Crippen LogP contribution in [0.15, 0.2) is 6.07 Å². The van der Waals surface area contributed by atoms with Crippen molar-refractivity contribution in [1.82, 2.24) is 0 Å². The third kappa shape index (κ3) is 1.74. The molecule has 3 N–H and O–H groups in total. The second kappa shape index (κ2) is 3.98. The maximum absolute atomic E-state index is 11.4. The van der Waals surface area contributed by atoms with Crippen LogP contribution < -0.4 is 5.73 Å². The molecular formula is C10H12ClNO2. The Bertz CT molecular complexity index is 362. The first kappa shape index (κ1) is 11.0. The molecule has 0 aliphatic carbocycles. The molecule has 0 aliphatic rings. The topological polar surface area (TPSA) is 63.3 Å². The largest absolute Gasteiger partial charge is 0.507 e. The molecule has 14 heavy (non-hydrogen) atoms. The number of carbonyl (C=O) groups excluding carboxylic acids is 1. The van der Waals surface area contributed by atoms with Gasteiger partial charge in [-0.2, -0.15) is 0 Å². The average molecular weight is 214 g/mol. The lowest BCUT2D eigenvalue weighted by Gasteiger charge is -2.10. The third-order valence-electron chi connectivity index (χ3n) is 2.15. The lowest BCUT2D eigenvalue weighted by molar-refractivity contribution is 0.0998. The van der Waals surface area contributed by atoms with E-state index in [-0.39, 0.29) is 23.6 Å². The zero-order valence-corrected chi connectivity index (χ0v) is 8.85. The van der Waals surface area contributed by atoms with E-state index in [0.717, 1.165) is 0 Å². The maximum Gasteiger partial charge on any atom is 0.180 e. The van der Waals surface area contributed by atoms with Crippen LogP contribution in [0.3, 0.4) is 0 Å². The number of hydrogen-bond acceptors (Lipinski definition) is 3. The Labute approximate surface area is 87.5 Å². The first-order chi connectivity index (χ1) is 6.49. The van der Waals surface area contributed by atoms with E-state index >= 15 is 0 Å². The van der Waals surface area contributed by atoms with E-state index in [0.29, 0.717) is 16.1 Å². The minimum Gasteiger partial charge on any atom is -0.507 e. The van der Waals surface area contributed by atoms with Gasteiger partial charge in [-0.15, -0.1) is 0 Å². The number of phenols is 1. The Balaban J connectivity index is 3.47.